The van der Waals surface area contributed by atoms with E-state index in [1.807, 2.05) is 18.2 Å². The lowest BCUT2D eigenvalue weighted by Gasteiger charge is -2.28. The third kappa shape index (κ3) is 2.42. The van der Waals surface area contributed by atoms with Crippen molar-refractivity contribution in [1.82, 2.24) is 9.88 Å². The van der Waals surface area contributed by atoms with Gasteiger partial charge in [0.2, 0.25) is 0 Å². The minimum absolute atomic E-state index is 0.305. The van der Waals surface area contributed by atoms with Crippen molar-refractivity contribution in [1.29, 1.82) is 0 Å². The summed E-state index contributed by atoms with van der Waals surface area (Å²) in [5, 5.41) is 0.769. The number of hydrogen-bond acceptors (Lipinski definition) is 5. The summed E-state index contributed by atoms with van der Waals surface area (Å²) >= 11 is 1.58. The SMILES string of the molecule is CN1CCC(Oc2nc3ccc(N)cc3s2)CC1. The molecule has 1 aliphatic rings. The van der Waals surface area contributed by atoms with Crippen LogP contribution in [0.25, 0.3) is 10.2 Å². The van der Waals surface area contributed by atoms with Crippen LogP contribution in [0.3, 0.4) is 0 Å². The Hall–Kier alpha value is -1.33. The Morgan fingerprint density at radius 3 is 2.94 bits per heavy atom. The molecule has 0 aliphatic carbocycles. The summed E-state index contributed by atoms with van der Waals surface area (Å²) in [6.45, 7) is 2.20. The summed E-state index contributed by atoms with van der Waals surface area (Å²) in [6.07, 6.45) is 2.46. The molecule has 0 spiro atoms. The van der Waals surface area contributed by atoms with Crippen molar-refractivity contribution in [3.05, 3.63) is 18.2 Å². The van der Waals surface area contributed by atoms with Crippen molar-refractivity contribution in [3.8, 4) is 5.19 Å². The monoisotopic (exact) mass is 263 g/mol. The zero-order chi connectivity index (χ0) is 12.5. The summed E-state index contributed by atoms with van der Waals surface area (Å²) < 4.78 is 7.06. The highest BCUT2D eigenvalue weighted by atomic mass is 32.1. The summed E-state index contributed by atoms with van der Waals surface area (Å²) in [5.41, 5.74) is 7.51. The van der Waals surface area contributed by atoms with Crippen LogP contribution in [0.4, 0.5) is 5.69 Å². The van der Waals surface area contributed by atoms with Gasteiger partial charge >= 0.3 is 0 Å². The first-order valence-corrected chi connectivity index (χ1v) is 7.03. The Morgan fingerprint density at radius 1 is 1.39 bits per heavy atom. The van der Waals surface area contributed by atoms with Gasteiger partial charge in [0.25, 0.3) is 5.19 Å². The van der Waals surface area contributed by atoms with E-state index in [2.05, 4.69) is 16.9 Å². The van der Waals surface area contributed by atoms with E-state index >= 15 is 0 Å². The molecule has 18 heavy (non-hydrogen) atoms. The standard InChI is InChI=1S/C13H17N3OS/c1-16-6-4-10(5-7-16)17-13-15-11-3-2-9(14)8-12(11)18-13/h2-3,8,10H,4-7,14H2,1H3. The Balaban J connectivity index is 1.74. The number of anilines is 1. The van der Waals surface area contributed by atoms with E-state index in [-0.39, 0.29) is 0 Å². The molecular formula is C13H17N3OS. The first kappa shape index (κ1) is 11.7. The van der Waals surface area contributed by atoms with Crippen LogP contribution in [-0.4, -0.2) is 36.1 Å². The topological polar surface area (TPSA) is 51.4 Å². The fourth-order valence-electron chi connectivity index (χ4n) is 2.22. The number of piperidine rings is 1. The van der Waals surface area contributed by atoms with Crippen LogP contribution >= 0.6 is 11.3 Å². The Morgan fingerprint density at radius 2 is 2.17 bits per heavy atom. The van der Waals surface area contributed by atoms with Gasteiger partial charge in [0.15, 0.2) is 0 Å². The van der Waals surface area contributed by atoms with Crippen LogP contribution in [0.1, 0.15) is 12.8 Å². The molecule has 2 N–H and O–H groups in total. The second-order valence-electron chi connectivity index (χ2n) is 4.83. The van der Waals surface area contributed by atoms with E-state index in [0.717, 1.165) is 47.0 Å². The Labute approximate surface area is 110 Å². The largest absolute Gasteiger partial charge is 0.467 e. The van der Waals surface area contributed by atoms with E-state index in [0.29, 0.717) is 6.10 Å². The quantitative estimate of drug-likeness (QED) is 0.845. The van der Waals surface area contributed by atoms with Crippen LogP contribution in [0.2, 0.25) is 0 Å². The van der Waals surface area contributed by atoms with Crippen molar-refractivity contribution in [2.45, 2.75) is 18.9 Å². The number of nitrogen functional groups attached to an aromatic ring is 1. The van der Waals surface area contributed by atoms with Crippen LogP contribution in [0.5, 0.6) is 5.19 Å². The molecule has 96 valence electrons. The van der Waals surface area contributed by atoms with Crippen LogP contribution in [0.15, 0.2) is 18.2 Å². The Bertz CT molecular complexity index is 546. The number of ether oxygens (including phenoxy) is 1. The van der Waals surface area contributed by atoms with Gasteiger partial charge in [-0.15, -0.1) is 0 Å². The lowest BCUT2D eigenvalue weighted by molar-refractivity contribution is 0.114. The third-order valence-corrected chi connectivity index (χ3v) is 4.23. The zero-order valence-corrected chi connectivity index (χ0v) is 11.2. The molecule has 0 bridgehead atoms. The fourth-order valence-corrected chi connectivity index (χ4v) is 3.15. The number of aromatic nitrogens is 1. The smallest absolute Gasteiger partial charge is 0.274 e. The molecule has 3 rings (SSSR count). The van der Waals surface area contributed by atoms with Gasteiger partial charge in [-0.2, -0.15) is 0 Å². The number of rotatable bonds is 2. The van der Waals surface area contributed by atoms with Crippen molar-refractivity contribution in [2.24, 2.45) is 0 Å². The fraction of sp³-hybridized carbons (Fsp3) is 0.462. The molecule has 0 radical (unpaired) electrons. The maximum Gasteiger partial charge on any atom is 0.274 e. The summed E-state index contributed by atoms with van der Waals surface area (Å²) in [7, 11) is 2.15. The predicted octanol–water partition coefficient (Wildman–Crippen LogP) is 2.35. The minimum atomic E-state index is 0.305. The molecule has 2 heterocycles. The molecule has 0 amide bonds. The molecule has 0 saturated carbocycles. The van der Waals surface area contributed by atoms with Gasteiger partial charge in [-0.25, -0.2) is 4.98 Å². The number of nitrogens with zero attached hydrogens (tertiary/aromatic N) is 2. The lowest BCUT2D eigenvalue weighted by atomic mass is 10.1. The van der Waals surface area contributed by atoms with Crippen LogP contribution < -0.4 is 10.5 Å². The number of hydrogen-bond donors (Lipinski definition) is 1. The number of nitrogens with two attached hydrogens (primary N) is 1. The first-order valence-electron chi connectivity index (χ1n) is 6.22. The van der Waals surface area contributed by atoms with E-state index in [1.54, 1.807) is 11.3 Å². The van der Waals surface area contributed by atoms with E-state index in [1.165, 1.54) is 0 Å². The van der Waals surface area contributed by atoms with E-state index in [9.17, 15) is 0 Å². The predicted molar refractivity (Wildman–Crippen MR) is 75.2 cm³/mol. The highest BCUT2D eigenvalue weighted by Gasteiger charge is 2.19. The number of benzene rings is 1. The molecule has 1 aromatic carbocycles. The molecule has 2 aromatic rings. The molecule has 4 nitrogen and oxygen atoms in total. The van der Waals surface area contributed by atoms with Gasteiger partial charge in [0.1, 0.15) is 6.10 Å². The van der Waals surface area contributed by atoms with Crippen molar-refractivity contribution in [2.75, 3.05) is 25.9 Å². The summed E-state index contributed by atoms with van der Waals surface area (Å²) in [5.74, 6) is 0. The average molecular weight is 263 g/mol. The maximum atomic E-state index is 5.97. The van der Waals surface area contributed by atoms with Gasteiger partial charge in [0.05, 0.1) is 10.2 Å². The van der Waals surface area contributed by atoms with Crippen molar-refractivity contribution < 1.29 is 4.74 Å². The number of likely N-dealkylation sites (tertiary alicyclic amines) is 1. The minimum Gasteiger partial charge on any atom is -0.467 e. The van der Waals surface area contributed by atoms with Gasteiger partial charge in [-0.1, -0.05) is 11.3 Å². The summed E-state index contributed by atoms with van der Waals surface area (Å²) in [4.78, 5) is 6.83. The Kier molecular flexibility index (Phi) is 3.09. The first-order chi connectivity index (χ1) is 8.70. The van der Waals surface area contributed by atoms with Crippen molar-refractivity contribution in [3.63, 3.8) is 0 Å². The molecule has 0 atom stereocenters. The highest BCUT2D eigenvalue weighted by Crippen LogP contribution is 2.30. The van der Waals surface area contributed by atoms with E-state index in [4.69, 9.17) is 10.5 Å². The second kappa shape index (κ2) is 4.74. The second-order valence-corrected chi connectivity index (χ2v) is 5.82. The lowest BCUT2D eigenvalue weighted by Crippen LogP contribution is -2.35. The molecule has 5 heteroatoms. The highest BCUT2D eigenvalue weighted by molar-refractivity contribution is 7.20. The molecule has 1 aromatic heterocycles. The zero-order valence-electron chi connectivity index (χ0n) is 10.4. The molecule has 0 unspecified atom stereocenters. The van der Waals surface area contributed by atoms with Crippen molar-refractivity contribution >= 4 is 27.2 Å². The summed E-state index contributed by atoms with van der Waals surface area (Å²) in [6, 6.07) is 5.78. The van der Waals surface area contributed by atoms with Gasteiger partial charge < -0.3 is 15.4 Å². The van der Waals surface area contributed by atoms with Gasteiger partial charge in [-0.05, 0) is 38.1 Å². The van der Waals surface area contributed by atoms with Crippen LogP contribution in [-0.2, 0) is 0 Å². The molecule has 1 saturated heterocycles. The average Bonchev–Trinajstić information content (AvgIpc) is 2.73. The number of fused-ring (bicyclic) bond motifs is 1. The maximum absolute atomic E-state index is 5.97. The van der Waals surface area contributed by atoms with Gasteiger partial charge in [-0.3, -0.25) is 0 Å². The van der Waals surface area contributed by atoms with Crippen LogP contribution in [0, 0.1) is 0 Å². The molecule has 1 aliphatic heterocycles. The van der Waals surface area contributed by atoms with E-state index < -0.39 is 0 Å². The molecule has 1 fully saturated rings. The molecular weight excluding hydrogens is 246 g/mol. The normalized spacial score (nSPS) is 18.3. The van der Waals surface area contributed by atoms with Gasteiger partial charge in [0, 0.05) is 18.8 Å². The number of thiazole rings is 1. The third-order valence-electron chi connectivity index (χ3n) is 3.33.